The first-order valence-corrected chi connectivity index (χ1v) is 10.1. The second-order valence-corrected chi connectivity index (χ2v) is 8.45. The predicted octanol–water partition coefficient (Wildman–Crippen LogP) is 2.73. The minimum Gasteiger partial charge on any atom is -0.352 e. The zero-order chi connectivity index (χ0) is 19.3. The van der Waals surface area contributed by atoms with Crippen molar-refractivity contribution in [1.82, 2.24) is 5.32 Å². The van der Waals surface area contributed by atoms with E-state index >= 15 is 0 Å². The van der Waals surface area contributed by atoms with Crippen LogP contribution < -0.4 is 10.6 Å². The lowest BCUT2D eigenvalue weighted by Crippen LogP contribution is -2.27. The van der Waals surface area contributed by atoms with Crippen molar-refractivity contribution >= 4 is 27.3 Å². The van der Waals surface area contributed by atoms with E-state index in [4.69, 9.17) is 0 Å². The van der Waals surface area contributed by atoms with Crippen molar-refractivity contribution < 1.29 is 18.0 Å². The van der Waals surface area contributed by atoms with Gasteiger partial charge < -0.3 is 10.6 Å². The number of sulfone groups is 1. The zero-order valence-electron chi connectivity index (χ0n) is 14.9. The fraction of sp³-hybridized carbons (Fsp3) is 0.263. The van der Waals surface area contributed by atoms with Gasteiger partial charge >= 0.3 is 0 Å². The van der Waals surface area contributed by atoms with Crippen molar-refractivity contribution in [3.05, 3.63) is 59.7 Å². The molecule has 0 aromatic heterocycles. The van der Waals surface area contributed by atoms with Crippen LogP contribution in [-0.2, 0) is 9.84 Å². The summed E-state index contributed by atoms with van der Waals surface area (Å²) in [5.74, 6) is -0.151. The van der Waals surface area contributed by atoms with Gasteiger partial charge in [-0.3, -0.25) is 9.59 Å². The lowest BCUT2D eigenvalue weighted by Gasteiger charge is -2.09. The molecule has 0 spiro atoms. The highest BCUT2D eigenvalue weighted by Gasteiger charge is 2.11. The number of hydrogen-bond donors (Lipinski definition) is 2. The number of rotatable bonds is 6. The lowest BCUT2D eigenvalue weighted by atomic mass is 10.1. The maximum atomic E-state index is 12.2. The minimum absolute atomic E-state index is 0.158. The summed E-state index contributed by atoms with van der Waals surface area (Å²) < 4.78 is 22.9. The molecule has 0 atom stereocenters. The van der Waals surface area contributed by atoms with Gasteiger partial charge in [0.25, 0.3) is 11.8 Å². The maximum absolute atomic E-state index is 12.2. The molecule has 2 amide bonds. The summed E-state index contributed by atoms with van der Waals surface area (Å²) in [6.07, 6.45) is 1.11. The molecule has 2 N–H and O–H groups in total. The van der Waals surface area contributed by atoms with E-state index in [0.29, 0.717) is 29.3 Å². The van der Waals surface area contributed by atoms with E-state index in [1.165, 1.54) is 24.3 Å². The van der Waals surface area contributed by atoms with Crippen molar-refractivity contribution in [3.8, 4) is 0 Å². The van der Waals surface area contributed by atoms with Crippen molar-refractivity contribution in [1.29, 1.82) is 0 Å². The smallest absolute Gasteiger partial charge is 0.255 e. The summed E-state index contributed by atoms with van der Waals surface area (Å²) in [4.78, 5) is 24.4. The van der Waals surface area contributed by atoms with E-state index in [1.54, 1.807) is 24.3 Å². The van der Waals surface area contributed by atoms with Crippen LogP contribution >= 0.6 is 0 Å². The number of carbonyl (C=O) groups excluding carboxylic acids is 2. The SMILES string of the molecule is CC(C)CNC(=O)c1ccc(NC(=O)c2ccc(S(C)(=O)=O)cc2)cc1. The molecule has 0 radical (unpaired) electrons. The molecule has 0 bridgehead atoms. The Bertz CT molecular complexity index is 886. The Balaban J connectivity index is 2.02. The van der Waals surface area contributed by atoms with Crippen LogP contribution in [0.2, 0.25) is 0 Å². The van der Waals surface area contributed by atoms with Crippen LogP contribution in [0.25, 0.3) is 0 Å². The average molecular weight is 374 g/mol. The van der Waals surface area contributed by atoms with E-state index in [0.717, 1.165) is 6.26 Å². The molecule has 6 nitrogen and oxygen atoms in total. The van der Waals surface area contributed by atoms with Gasteiger partial charge in [-0.1, -0.05) is 13.8 Å². The molecule has 0 aliphatic rings. The third-order valence-electron chi connectivity index (χ3n) is 3.62. The van der Waals surface area contributed by atoms with Gasteiger partial charge in [-0.15, -0.1) is 0 Å². The predicted molar refractivity (Wildman–Crippen MR) is 101 cm³/mol. The number of carbonyl (C=O) groups is 2. The van der Waals surface area contributed by atoms with E-state index in [-0.39, 0.29) is 16.7 Å². The van der Waals surface area contributed by atoms with Crippen LogP contribution in [-0.4, -0.2) is 33.0 Å². The molecule has 2 aromatic rings. The van der Waals surface area contributed by atoms with Crippen LogP contribution in [0.3, 0.4) is 0 Å². The van der Waals surface area contributed by atoms with Crippen molar-refractivity contribution in [2.45, 2.75) is 18.7 Å². The van der Waals surface area contributed by atoms with Crippen LogP contribution in [0.1, 0.15) is 34.6 Å². The fourth-order valence-corrected chi connectivity index (χ4v) is 2.79. The first kappa shape index (κ1) is 19.7. The molecule has 0 fully saturated rings. The topological polar surface area (TPSA) is 92.3 Å². The summed E-state index contributed by atoms with van der Waals surface area (Å²) in [5.41, 5.74) is 1.40. The van der Waals surface area contributed by atoms with E-state index in [1.807, 2.05) is 13.8 Å². The molecule has 0 heterocycles. The highest BCUT2D eigenvalue weighted by molar-refractivity contribution is 7.90. The zero-order valence-corrected chi connectivity index (χ0v) is 15.8. The lowest BCUT2D eigenvalue weighted by molar-refractivity contribution is 0.0948. The monoisotopic (exact) mass is 374 g/mol. The minimum atomic E-state index is -3.30. The van der Waals surface area contributed by atoms with Gasteiger partial charge in [0.2, 0.25) is 0 Å². The first-order valence-electron chi connectivity index (χ1n) is 8.16. The summed E-state index contributed by atoms with van der Waals surface area (Å²) >= 11 is 0. The average Bonchev–Trinajstić information content (AvgIpc) is 2.59. The summed E-state index contributed by atoms with van der Waals surface area (Å²) in [6.45, 7) is 4.63. The largest absolute Gasteiger partial charge is 0.352 e. The molecule has 2 rings (SSSR count). The molecule has 0 aliphatic carbocycles. The van der Waals surface area contributed by atoms with Gasteiger partial charge in [0.05, 0.1) is 4.90 Å². The number of hydrogen-bond acceptors (Lipinski definition) is 4. The Labute approximate surface area is 153 Å². The van der Waals surface area contributed by atoms with E-state index < -0.39 is 9.84 Å². The van der Waals surface area contributed by atoms with Gasteiger partial charge in [-0.25, -0.2) is 8.42 Å². The van der Waals surface area contributed by atoms with Crippen molar-refractivity contribution in [2.24, 2.45) is 5.92 Å². The van der Waals surface area contributed by atoms with E-state index in [2.05, 4.69) is 10.6 Å². The summed E-state index contributed by atoms with van der Waals surface area (Å²) in [5, 5.41) is 5.54. The Morgan fingerprint density at radius 1 is 0.885 bits per heavy atom. The molecule has 26 heavy (non-hydrogen) atoms. The highest BCUT2D eigenvalue weighted by Crippen LogP contribution is 2.14. The van der Waals surface area contributed by atoms with Crippen molar-refractivity contribution in [3.63, 3.8) is 0 Å². The van der Waals surface area contributed by atoms with Crippen LogP contribution in [0.15, 0.2) is 53.4 Å². The van der Waals surface area contributed by atoms with Crippen LogP contribution in [0, 0.1) is 5.92 Å². The van der Waals surface area contributed by atoms with Crippen molar-refractivity contribution in [2.75, 3.05) is 18.1 Å². The number of nitrogens with one attached hydrogen (secondary N) is 2. The van der Waals surface area contributed by atoms with Gasteiger partial charge in [0.15, 0.2) is 9.84 Å². The van der Waals surface area contributed by atoms with Gasteiger partial charge in [-0.05, 0) is 54.4 Å². The van der Waals surface area contributed by atoms with E-state index in [9.17, 15) is 18.0 Å². The fourth-order valence-electron chi connectivity index (χ4n) is 2.16. The summed E-state index contributed by atoms with van der Waals surface area (Å²) in [7, 11) is -3.30. The van der Waals surface area contributed by atoms with Gasteiger partial charge in [0, 0.05) is 29.6 Å². The Morgan fingerprint density at radius 3 is 1.88 bits per heavy atom. The van der Waals surface area contributed by atoms with Gasteiger partial charge in [0.1, 0.15) is 0 Å². The standard InChI is InChI=1S/C19H22N2O4S/c1-13(2)12-20-18(22)14-4-8-16(9-5-14)21-19(23)15-6-10-17(11-7-15)26(3,24)25/h4-11,13H,12H2,1-3H3,(H,20,22)(H,21,23). The number of benzene rings is 2. The van der Waals surface area contributed by atoms with Crippen LogP contribution in [0.4, 0.5) is 5.69 Å². The Kier molecular flexibility index (Phi) is 6.15. The highest BCUT2D eigenvalue weighted by atomic mass is 32.2. The molecule has 0 saturated heterocycles. The molecule has 0 aliphatic heterocycles. The molecule has 138 valence electrons. The molecular formula is C19H22N2O4S. The molecule has 0 unspecified atom stereocenters. The normalized spacial score (nSPS) is 11.2. The number of amides is 2. The Hall–Kier alpha value is -2.67. The van der Waals surface area contributed by atoms with Gasteiger partial charge in [-0.2, -0.15) is 0 Å². The third kappa shape index (κ3) is 5.42. The molecule has 2 aromatic carbocycles. The summed E-state index contributed by atoms with van der Waals surface area (Å²) in [6, 6.07) is 12.3. The molecule has 7 heteroatoms. The quantitative estimate of drug-likeness (QED) is 0.813. The molecule has 0 saturated carbocycles. The molecular weight excluding hydrogens is 352 g/mol. The second kappa shape index (κ2) is 8.14. The maximum Gasteiger partial charge on any atom is 0.255 e. The van der Waals surface area contributed by atoms with Crippen LogP contribution in [0.5, 0.6) is 0 Å². The first-order chi connectivity index (χ1) is 12.2. The second-order valence-electron chi connectivity index (χ2n) is 6.43. The third-order valence-corrected chi connectivity index (χ3v) is 4.75. The Morgan fingerprint density at radius 2 is 1.38 bits per heavy atom. The number of anilines is 1.